The van der Waals surface area contributed by atoms with E-state index in [1.54, 1.807) is 0 Å². The first kappa shape index (κ1) is 31.6. The van der Waals surface area contributed by atoms with E-state index in [0.29, 0.717) is 0 Å². The molecule has 11 rings (SSSR count). The number of fused-ring (bicyclic) bond motifs is 7. The molecule has 0 spiro atoms. The van der Waals surface area contributed by atoms with Gasteiger partial charge in [0.15, 0.2) is 0 Å². The minimum atomic E-state index is 0.904. The molecule has 2 aromatic heterocycles. The predicted octanol–water partition coefficient (Wildman–Crippen LogP) is 15.6. The van der Waals surface area contributed by atoms with Crippen molar-refractivity contribution in [3.05, 3.63) is 200 Å². The summed E-state index contributed by atoms with van der Waals surface area (Å²) in [7, 11) is 0. The number of benzene rings is 9. The average Bonchev–Trinajstić information content (AvgIpc) is 3.83. The van der Waals surface area contributed by atoms with Crippen LogP contribution in [0, 0.1) is 0 Å². The summed E-state index contributed by atoms with van der Waals surface area (Å²) in [6.07, 6.45) is 0. The van der Waals surface area contributed by atoms with Crippen LogP contribution in [0.3, 0.4) is 0 Å². The SMILES string of the molecule is c1cc(-c2cccc3c2sc2ccccc23)cc(N(c2ccc(-c3ccc4ccccc4c3)cc2)c2ccc(-c3cccc4oc5ccccc5c34)cc2)c1. The summed E-state index contributed by atoms with van der Waals surface area (Å²) in [6, 6.07) is 72.2. The molecule has 0 amide bonds. The van der Waals surface area contributed by atoms with Gasteiger partial charge in [-0.25, -0.2) is 0 Å². The summed E-state index contributed by atoms with van der Waals surface area (Å²) >= 11 is 1.87. The van der Waals surface area contributed by atoms with Crippen LogP contribution in [0.5, 0.6) is 0 Å². The molecule has 258 valence electrons. The van der Waals surface area contributed by atoms with Crippen molar-refractivity contribution < 1.29 is 4.42 Å². The Morgan fingerprint density at radius 2 is 1.00 bits per heavy atom. The fourth-order valence-electron chi connectivity index (χ4n) is 8.21. The van der Waals surface area contributed by atoms with Crippen LogP contribution in [0.4, 0.5) is 17.1 Å². The molecular weight excluding hydrogens is 687 g/mol. The smallest absolute Gasteiger partial charge is 0.136 e. The maximum Gasteiger partial charge on any atom is 0.136 e. The lowest BCUT2D eigenvalue weighted by atomic mass is 9.98. The number of thiophene rings is 1. The molecule has 9 aromatic carbocycles. The zero-order valence-corrected chi connectivity index (χ0v) is 30.6. The molecule has 11 aromatic rings. The molecular formula is C52H33NOS. The molecule has 0 fully saturated rings. The molecule has 0 atom stereocenters. The summed E-state index contributed by atoms with van der Waals surface area (Å²) in [6.45, 7) is 0. The first-order valence-corrected chi connectivity index (χ1v) is 19.5. The molecule has 55 heavy (non-hydrogen) atoms. The van der Waals surface area contributed by atoms with E-state index in [0.717, 1.165) is 44.6 Å². The monoisotopic (exact) mass is 719 g/mol. The van der Waals surface area contributed by atoms with E-state index in [1.807, 2.05) is 23.5 Å². The Morgan fingerprint density at radius 3 is 1.85 bits per heavy atom. The fraction of sp³-hybridized carbons (Fsp3) is 0. The third-order valence-electron chi connectivity index (χ3n) is 10.9. The van der Waals surface area contributed by atoms with Crippen LogP contribution in [0.2, 0.25) is 0 Å². The Bertz CT molecular complexity index is 3210. The molecule has 0 aliphatic heterocycles. The number of hydrogen-bond donors (Lipinski definition) is 0. The van der Waals surface area contributed by atoms with Gasteiger partial charge in [0.25, 0.3) is 0 Å². The van der Waals surface area contributed by atoms with Crippen LogP contribution in [0.25, 0.3) is 86.3 Å². The van der Waals surface area contributed by atoms with E-state index in [9.17, 15) is 0 Å². The minimum absolute atomic E-state index is 0.904. The third-order valence-corrected chi connectivity index (χ3v) is 12.1. The van der Waals surface area contributed by atoms with Crippen molar-refractivity contribution in [3.63, 3.8) is 0 Å². The number of para-hydroxylation sites is 1. The molecule has 2 heterocycles. The van der Waals surface area contributed by atoms with Crippen molar-refractivity contribution in [3.8, 4) is 33.4 Å². The quantitative estimate of drug-likeness (QED) is 0.170. The Morgan fingerprint density at radius 1 is 0.364 bits per heavy atom. The van der Waals surface area contributed by atoms with Gasteiger partial charge < -0.3 is 9.32 Å². The second-order valence-corrected chi connectivity index (χ2v) is 15.2. The Labute approximate surface area is 322 Å². The summed E-state index contributed by atoms with van der Waals surface area (Å²) < 4.78 is 8.87. The third kappa shape index (κ3) is 5.40. The van der Waals surface area contributed by atoms with Crippen LogP contribution >= 0.6 is 11.3 Å². The lowest BCUT2D eigenvalue weighted by molar-refractivity contribution is 0.669. The molecule has 2 nitrogen and oxygen atoms in total. The lowest BCUT2D eigenvalue weighted by Crippen LogP contribution is -2.10. The number of nitrogens with zero attached hydrogens (tertiary/aromatic N) is 1. The zero-order valence-electron chi connectivity index (χ0n) is 29.8. The van der Waals surface area contributed by atoms with Crippen molar-refractivity contribution in [2.75, 3.05) is 4.90 Å². The summed E-state index contributed by atoms with van der Waals surface area (Å²) in [5.41, 5.74) is 12.3. The lowest BCUT2D eigenvalue weighted by Gasteiger charge is -2.26. The second kappa shape index (κ2) is 12.9. The van der Waals surface area contributed by atoms with E-state index < -0.39 is 0 Å². The molecule has 0 saturated carbocycles. The van der Waals surface area contributed by atoms with Gasteiger partial charge in [-0.3, -0.25) is 0 Å². The normalized spacial score (nSPS) is 11.6. The van der Waals surface area contributed by atoms with Gasteiger partial charge in [0.2, 0.25) is 0 Å². The first-order chi connectivity index (χ1) is 27.2. The number of furan rings is 1. The molecule has 0 N–H and O–H groups in total. The van der Waals surface area contributed by atoms with Gasteiger partial charge in [-0.1, -0.05) is 140 Å². The fourth-order valence-corrected chi connectivity index (χ4v) is 9.45. The highest BCUT2D eigenvalue weighted by atomic mass is 32.1. The van der Waals surface area contributed by atoms with Crippen LogP contribution < -0.4 is 4.90 Å². The van der Waals surface area contributed by atoms with Crippen molar-refractivity contribution in [1.82, 2.24) is 0 Å². The van der Waals surface area contributed by atoms with Crippen LogP contribution in [-0.2, 0) is 0 Å². The van der Waals surface area contributed by atoms with Gasteiger partial charge >= 0.3 is 0 Å². The maximum atomic E-state index is 6.24. The zero-order chi connectivity index (χ0) is 36.3. The summed E-state index contributed by atoms with van der Waals surface area (Å²) in [4.78, 5) is 2.37. The van der Waals surface area contributed by atoms with Crippen molar-refractivity contribution in [2.24, 2.45) is 0 Å². The Hall–Kier alpha value is -6.94. The minimum Gasteiger partial charge on any atom is -0.456 e. The van der Waals surface area contributed by atoms with E-state index in [2.05, 4.69) is 193 Å². The van der Waals surface area contributed by atoms with Gasteiger partial charge in [0.05, 0.1) is 0 Å². The Kier molecular flexibility index (Phi) is 7.39. The standard InChI is InChI=1S/C52H33NOS/c1-2-11-37-32-38(23-22-34(37)10-1)35-24-28-40(29-25-35)53(41-30-26-36(27-31-41)43-16-9-20-49-51(43)47-15-3-5-19-48(47)54-49)42-13-7-12-39(33-42)44-17-8-18-46-45-14-4-6-21-50(45)55-52(44)46/h1-33H. The van der Waals surface area contributed by atoms with E-state index in [4.69, 9.17) is 4.42 Å². The largest absolute Gasteiger partial charge is 0.456 e. The average molecular weight is 720 g/mol. The van der Waals surface area contributed by atoms with Gasteiger partial charge in [0, 0.05) is 48.0 Å². The molecule has 0 saturated heterocycles. The Balaban J connectivity index is 1.03. The highest BCUT2D eigenvalue weighted by Crippen LogP contribution is 2.43. The molecule has 3 heteroatoms. The second-order valence-electron chi connectivity index (χ2n) is 14.1. The highest BCUT2D eigenvalue weighted by molar-refractivity contribution is 7.26. The summed E-state index contributed by atoms with van der Waals surface area (Å²) in [5, 5.41) is 7.40. The van der Waals surface area contributed by atoms with E-state index >= 15 is 0 Å². The molecule has 0 unspecified atom stereocenters. The van der Waals surface area contributed by atoms with Crippen molar-refractivity contribution in [1.29, 1.82) is 0 Å². The van der Waals surface area contributed by atoms with Gasteiger partial charge in [-0.2, -0.15) is 0 Å². The topological polar surface area (TPSA) is 16.4 Å². The number of rotatable bonds is 6. The molecule has 0 aliphatic rings. The van der Waals surface area contributed by atoms with Crippen LogP contribution in [-0.4, -0.2) is 0 Å². The molecule has 0 radical (unpaired) electrons. The number of anilines is 3. The summed E-state index contributed by atoms with van der Waals surface area (Å²) in [5.74, 6) is 0. The van der Waals surface area contributed by atoms with Gasteiger partial charge in [-0.05, 0) is 105 Å². The molecule has 0 aliphatic carbocycles. The van der Waals surface area contributed by atoms with Crippen LogP contribution in [0.15, 0.2) is 205 Å². The van der Waals surface area contributed by atoms with E-state index in [1.165, 1.54) is 58.8 Å². The van der Waals surface area contributed by atoms with Crippen LogP contribution in [0.1, 0.15) is 0 Å². The number of hydrogen-bond acceptors (Lipinski definition) is 3. The first-order valence-electron chi connectivity index (χ1n) is 18.7. The van der Waals surface area contributed by atoms with Gasteiger partial charge in [0.1, 0.15) is 11.2 Å². The maximum absolute atomic E-state index is 6.24. The highest BCUT2D eigenvalue weighted by Gasteiger charge is 2.17. The van der Waals surface area contributed by atoms with E-state index in [-0.39, 0.29) is 0 Å². The van der Waals surface area contributed by atoms with Crippen molar-refractivity contribution >= 4 is 81.3 Å². The predicted molar refractivity (Wildman–Crippen MR) is 235 cm³/mol. The van der Waals surface area contributed by atoms with Crippen molar-refractivity contribution in [2.45, 2.75) is 0 Å². The molecule has 0 bridgehead atoms. The van der Waals surface area contributed by atoms with Gasteiger partial charge in [-0.15, -0.1) is 11.3 Å².